The minimum absolute atomic E-state index is 0.106. The van der Waals surface area contributed by atoms with E-state index in [-0.39, 0.29) is 24.8 Å². The summed E-state index contributed by atoms with van der Waals surface area (Å²) in [6.07, 6.45) is 0. The summed E-state index contributed by atoms with van der Waals surface area (Å²) in [5.74, 6) is -0.338. The average Bonchev–Trinajstić information content (AvgIpc) is 2.79. The molecule has 0 radical (unpaired) electrons. The average molecular weight is 325 g/mol. The lowest BCUT2D eigenvalue weighted by Crippen LogP contribution is -2.27. The van der Waals surface area contributed by atoms with Gasteiger partial charge in [-0.2, -0.15) is 0 Å². The van der Waals surface area contributed by atoms with Gasteiger partial charge in [0, 0.05) is 11.0 Å². The highest BCUT2D eigenvalue weighted by molar-refractivity contribution is 9.10. The van der Waals surface area contributed by atoms with Gasteiger partial charge in [0.2, 0.25) is 0 Å². The van der Waals surface area contributed by atoms with E-state index in [1.807, 2.05) is 24.3 Å². The van der Waals surface area contributed by atoms with Gasteiger partial charge in [0.15, 0.2) is 5.69 Å². The summed E-state index contributed by atoms with van der Waals surface area (Å²) in [5, 5.41) is 19.1. The predicted octanol–water partition coefficient (Wildman–Crippen LogP) is 1.06. The zero-order valence-corrected chi connectivity index (χ0v) is 11.9. The molecule has 0 saturated heterocycles. The van der Waals surface area contributed by atoms with Gasteiger partial charge in [0.1, 0.15) is 0 Å². The van der Waals surface area contributed by atoms with Gasteiger partial charge in [-0.05, 0) is 31.2 Å². The second-order valence-corrected chi connectivity index (χ2v) is 4.81. The Balaban J connectivity index is 2.27. The van der Waals surface area contributed by atoms with E-state index in [1.54, 1.807) is 11.6 Å². The number of amides is 1. The van der Waals surface area contributed by atoms with E-state index >= 15 is 0 Å². The molecule has 0 aliphatic heterocycles. The molecule has 0 atom stereocenters. The highest BCUT2D eigenvalue weighted by Gasteiger charge is 2.16. The zero-order chi connectivity index (χ0) is 13.8. The number of benzene rings is 1. The molecule has 0 aliphatic carbocycles. The van der Waals surface area contributed by atoms with E-state index < -0.39 is 0 Å². The van der Waals surface area contributed by atoms with E-state index in [1.165, 1.54) is 0 Å². The van der Waals surface area contributed by atoms with Crippen molar-refractivity contribution >= 4 is 21.8 Å². The Morgan fingerprint density at radius 2 is 2.11 bits per heavy atom. The molecule has 0 saturated carbocycles. The molecule has 0 aliphatic rings. The van der Waals surface area contributed by atoms with E-state index in [9.17, 15) is 4.79 Å². The van der Waals surface area contributed by atoms with E-state index in [0.29, 0.717) is 5.69 Å². The molecule has 0 bridgehead atoms. The van der Waals surface area contributed by atoms with Gasteiger partial charge in [-0.15, -0.1) is 5.10 Å². The molecule has 7 heteroatoms. The molecule has 6 nitrogen and oxygen atoms in total. The van der Waals surface area contributed by atoms with Crippen LogP contribution in [0.15, 0.2) is 28.7 Å². The van der Waals surface area contributed by atoms with Crippen LogP contribution < -0.4 is 5.32 Å². The standard InChI is InChI=1S/C12H13BrN4O2/c1-8-11(12(19)14-6-7-18)15-16-17(8)10-4-2-9(13)3-5-10/h2-5,18H,6-7H2,1H3,(H,14,19). The van der Waals surface area contributed by atoms with Crippen molar-refractivity contribution in [1.29, 1.82) is 0 Å². The Kier molecular flexibility index (Phi) is 4.28. The first-order chi connectivity index (χ1) is 9.13. The molecule has 2 rings (SSSR count). The molecule has 1 amide bonds. The van der Waals surface area contributed by atoms with Gasteiger partial charge in [-0.25, -0.2) is 4.68 Å². The van der Waals surface area contributed by atoms with Gasteiger partial charge in [-0.1, -0.05) is 21.1 Å². The van der Waals surface area contributed by atoms with Gasteiger partial charge in [0.05, 0.1) is 18.0 Å². The molecular formula is C12H13BrN4O2. The molecule has 1 aromatic carbocycles. The summed E-state index contributed by atoms with van der Waals surface area (Å²) in [6.45, 7) is 1.87. The van der Waals surface area contributed by atoms with Crippen molar-refractivity contribution in [2.24, 2.45) is 0 Å². The van der Waals surface area contributed by atoms with Gasteiger partial charge < -0.3 is 10.4 Å². The third-order valence-electron chi connectivity index (χ3n) is 2.58. The van der Waals surface area contributed by atoms with Crippen molar-refractivity contribution in [3.63, 3.8) is 0 Å². The second kappa shape index (κ2) is 5.94. The fourth-order valence-electron chi connectivity index (χ4n) is 1.62. The molecule has 0 fully saturated rings. The Bertz CT molecular complexity index is 580. The van der Waals surface area contributed by atoms with E-state index in [4.69, 9.17) is 5.11 Å². The van der Waals surface area contributed by atoms with Crippen LogP contribution in [0.4, 0.5) is 0 Å². The fourth-order valence-corrected chi connectivity index (χ4v) is 1.88. The first-order valence-electron chi connectivity index (χ1n) is 5.71. The fraction of sp³-hybridized carbons (Fsp3) is 0.250. The minimum Gasteiger partial charge on any atom is -0.395 e. The number of rotatable bonds is 4. The van der Waals surface area contributed by atoms with E-state index in [2.05, 4.69) is 31.6 Å². The van der Waals surface area contributed by atoms with Crippen molar-refractivity contribution in [3.05, 3.63) is 40.1 Å². The number of halogens is 1. The highest BCUT2D eigenvalue weighted by atomic mass is 79.9. The highest BCUT2D eigenvalue weighted by Crippen LogP contribution is 2.15. The normalized spacial score (nSPS) is 10.5. The number of aliphatic hydroxyl groups is 1. The maximum absolute atomic E-state index is 11.8. The van der Waals surface area contributed by atoms with Crippen molar-refractivity contribution < 1.29 is 9.90 Å². The molecule has 19 heavy (non-hydrogen) atoms. The lowest BCUT2D eigenvalue weighted by atomic mass is 10.3. The number of nitrogens with zero attached hydrogens (tertiary/aromatic N) is 3. The van der Waals surface area contributed by atoms with Gasteiger partial charge >= 0.3 is 0 Å². The van der Waals surface area contributed by atoms with Crippen LogP contribution in [0.2, 0.25) is 0 Å². The van der Waals surface area contributed by atoms with Crippen molar-refractivity contribution in [2.75, 3.05) is 13.2 Å². The van der Waals surface area contributed by atoms with Crippen LogP contribution in [0.25, 0.3) is 5.69 Å². The largest absolute Gasteiger partial charge is 0.395 e. The lowest BCUT2D eigenvalue weighted by molar-refractivity contribution is 0.0939. The van der Waals surface area contributed by atoms with E-state index in [0.717, 1.165) is 10.2 Å². The Hall–Kier alpha value is -1.73. The predicted molar refractivity (Wildman–Crippen MR) is 73.2 cm³/mol. The van der Waals surface area contributed by atoms with Crippen LogP contribution in [-0.4, -0.2) is 39.2 Å². The van der Waals surface area contributed by atoms with Crippen LogP contribution in [0.3, 0.4) is 0 Å². The van der Waals surface area contributed by atoms with Crippen LogP contribution in [-0.2, 0) is 0 Å². The number of aliphatic hydroxyl groups excluding tert-OH is 1. The topological polar surface area (TPSA) is 80.0 Å². The quantitative estimate of drug-likeness (QED) is 0.881. The Morgan fingerprint density at radius 3 is 2.74 bits per heavy atom. The maximum atomic E-state index is 11.8. The summed E-state index contributed by atoms with van der Waals surface area (Å²) in [4.78, 5) is 11.8. The molecular weight excluding hydrogens is 312 g/mol. The summed E-state index contributed by atoms with van der Waals surface area (Å²) >= 11 is 3.36. The first kappa shape index (κ1) is 13.7. The number of carbonyl (C=O) groups excluding carboxylic acids is 1. The van der Waals surface area contributed by atoms with Crippen LogP contribution >= 0.6 is 15.9 Å². The molecule has 1 aromatic heterocycles. The third kappa shape index (κ3) is 2.99. The number of aromatic nitrogens is 3. The monoisotopic (exact) mass is 324 g/mol. The smallest absolute Gasteiger partial charge is 0.273 e. The van der Waals surface area contributed by atoms with Crippen LogP contribution in [0, 0.1) is 6.92 Å². The number of nitrogens with one attached hydrogen (secondary N) is 1. The Labute approximate surface area is 118 Å². The summed E-state index contributed by atoms with van der Waals surface area (Å²) in [6, 6.07) is 7.53. The molecule has 100 valence electrons. The number of hydrogen-bond acceptors (Lipinski definition) is 4. The minimum atomic E-state index is -0.338. The maximum Gasteiger partial charge on any atom is 0.273 e. The summed E-state index contributed by atoms with van der Waals surface area (Å²) in [7, 11) is 0. The third-order valence-corrected chi connectivity index (χ3v) is 3.11. The molecule has 1 heterocycles. The second-order valence-electron chi connectivity index (χ2n) is 3.89. The van der Waals surface area contributed by atoms with Crippen molar-refractivity contribution in [3.8, 4) is 5.69 Å². The lowest BCUT2D eigenvalue weighted by Gasteiger charge is -2.04. The first-order valence-corrected chi connectivity index (χ1v) is 6.50. The van der Waals surface area contributed by atoms with Crippen molar-refractivity contribution in [2.45, 2.75) is 6.92 Å². The van der Waals surface area contributed by atoms with Crippen LogP contribution in [0.1, 0.15) is 16.2 Å². The molecule has 2 N–H and O–H groups in total. The number of hydrogen-bond donors (Lipinski definition) is 2. The summed E-state index contributed by atoms with van der Waals surface area (Å²) in [5.41, 5.74) is 1.74. The van der Waals surface area contributed by atoms with Gasteiger partial charge in [0.25, 0.3) is 5.91 Å². The molecule has 0 spiro atoms. The SMILES string of the molecule is Cc1c(C(=O)NCCO)nnn1-c1ccc(Br)cc1. The Morgan fingerprint density at radius 1 is 1.42 bits per heavy atom. The number of carbonyl (C=O) groups is 1. The van der Waals surface area contributed by atoms with Crippen molar-refractivity contribution in [1.82, 2.24) is 20.3 Å². The molecule has 2 aromatic rings. The molecule has 0 unspecified atom stereocenters. The summed E-state index contributed by atoms with van der Waals surface area (Å²) < 4.78 is 2.57. The van der Waals surface area contributed by atoms with Crippen LogP contribution in [0.5, 0.6) is 0 Å². The van der Waals surface area contributed by atoms with Gasteiger partial charge in [-0.3, -0.25) is 4.79 Å². The zero-order valence-electron chi connectivity index (χ0n) is 10.3.